The summed E-state index contributed by atoms with van der Waals surface area (Å²) in [5, 5.41) is 13.1. The van der Waals surface area contributed by atoms with Gasteiger partial charge in [-0.2, -0.15) is 0 Å². The lowest BCUT2D eigenvalue weighted by molar-refractivity contribution is 0.255. The van der Waals surface area contributed by atoms with Gasteiger partial charge < -0.3 is 10.2 Å². The minimum absolute atomic E-state index is 0. The maximum Gasteiger partial charge on any atom is 0.326 e. The molecule has 0 bridgehead atoms. The van der Waals surface area contributed by atoms with Gasteiger partial charge in [0, 0.05) is 19.3 Å². The maximum atomic E-state index is 11.8. The van der Waals surface area contributed by atoms with Crippen LogP contribution in [-0.2, 0) is 0 Å². The van der Waals surface area contributed by atoms with E-state index in [1.165, 1.54) is 0 Å². The molecule has 112 valence electrons. The van der Waals surface area contributed by atoms with Crippen molar-refractivity contribution < 1.29 is 4.79 Å². The van der Waals surface area contributed by atoms with E-state index in [2.05, 4.69) is 10.6 Å². The topological polar surface area (TPSA) is 68.2 Å². The molecule has 0 aliphatic heterocycles. The standard InChI is InChI=1S/C14H22N4O.ClH/c1-5-9-18(4)13(15)17-14(19)16-12-10(2)7-6-8-11(12)3;/h6-8H,5,9H2,1-4H3,(H3,15,16,17,19);1H. The van der Waals surface area contributed by atoms with Crippen LogP contribution < -0.4 is 10.6 Å². The molecule has 0 aromatic heterocycles. The molecule has 1 aromatic rings. The van der Waals surface area contributed by atoms with Crippen molar-refractivity contribution in [3.63, 3.8) is 0 Å². The Morgan fingerprint density at radius 1 is 1.30 bits per heavy atom. The number of hydrogen-bond donors (Lipinski definition) is 3. The van der Waals surface area contributed by atoms with E-state index in [-0.39, 0.29) is 24.4 Å². The van der Waals surface area contributed by atoms with Crippen LogP contribution in [0.1, 0.15) is 24.5 Å². The van der Waals surface area contributed by atoms with E-state index in [1.807, 2.05) is 39.0 Å². The first-order valence-electron chi connectivity index (χ1n) is 6.39. The van der Waals surface area contributed by atoms with Gasteiger partial charge in [-0.25, -0.2) is 4.79 Å². The van der Waals surface area contributed by atoms with Crippen molar-refractivity contribution in [2.24, 2.45) is 0 Å². The van der Waals surface area contributed by atoms with Gasteiger partial charge in [-0.15, -0.1) is 12.4 Å². The molecule has 6 heteroatoms. The van der Waals surface area contributed by atoms with E-state index < -0.39 is 0 Å². The first-order chi connectivity index (χ1) is 8.95. The fourth-order valence-corrected chi connectivity index (χ4v) is 1.81. The van der Waals surface area contributed by atoms with Crippen molar-refractivity contribution in [2.75, 3.05) is 18.9 Å². The fourth-order valence-electron chi connectivity index (χ4n) is 1.81. The van der Waals surface area contributed by atoms with Crippen LogP contribution >= 0.6 is 12.4 Å². The van der Waals surface area contributed by atoms with Gasteiger partial charge in [-0.05, 0) is 31.4 Å². The number of benzene rings is 1. The van der Waals surface area contributed by atoms with Gasteiger partial charge in [-0.3, -0.25) is 10.7 Å². The Bertz CT molecular complexity index is 456. The lowest BCUT2D eigenvalue weighted by Crippen LogP contribution is -2.43. The first-order valence-corrected chi connectivity index (χ1v) is 6.39. The highest BCUT2D eigenvalue weighted by molar-refractivity contribution is 6.01. The summed E-state index contributed by atoms with van der Waals surface area (Å²) < 4.78 is 0. The Hall–Kier alpha value is -1.75. The molecular weight excluding hydrogens is 276 g/mol. The summed E-state index contributed by atoms with van der Waals surface area (Å²) in [5.41, 5.74) is 2.80. The molecular formula is C14H23ClN4O. The Morgan fingerprint density at radius 3 is 2.35 bits per heavy atom. The molecule has 0 aliphatic carbocycles. The molecule has 0 radical (unpaired) electrons. The summed E-state index contributed by atoms with van der Waals surface area (Å²) >= 11 is 0. The molecule has 0 saturated carbocycles. The van der Waals surface area contributed by atoms with Crippen LogP contribution in [0, 0.1) is 19.3 Å². The second kappa shape index (κ2) is 8.43. The minimum atomic E-state index is -0.384. The number of aryl methyl sites for hydroxylation is 2. The van der Waals surface area contributed by atoms with E-state index in [0.717, 1.165) is 29.8 Å². The maximum absolute atomic E-state index is 11.8. The molecule has 3 N–H and O–H groups in total. The van der Waals surface area contributed by atoms with Crippen LogP contribution in [0.25, 0.3) is 0 Å². The second-order valence-corrected chi connectivity index (χ2v) is 4.62. The summed E-state index contributed by atoms with van der Waals surface area (Å²) in [6.45, 7) is 6.65. The first kappa shape index (κ1) is 18.2. The predicted molar refractivity (Wildman–Crippen MR) is 86.0 cm³/mol. The summed E-state index contributed by atoms with van der Waals surface area (Å²) in [6.07, 6.45) is 0.930. The van der Waals surface area contributed by atoms with Crippen molar-refractivity contribution in [2.45, 2.75) is 27.2 Å². The second-order valence-electron chi connectivity index (χ2n) is 4.62. The van der Waals surface area contributed by atoms with E-state index >= 15 is 0 Å². The van der Waals surface area contributed by atoms with Crippen molar-refractivity contribution in [1.29, 1.82) is 5.41 Å². The number of hydrogen-bond acceptors (Lipinski definition) is 2. The number of anilines is 1. The van der Waals surface area contributed by atoms with Crippen LogP contribution in [0.15, 0.2) is 18.2 Å². The third-order valence-electron chi connectivity index (χ3n) is 2.89. The largest absolute Gasteiger partial charge is 0.346 e. The molecule has 0 heterocycles. The Kier molecular flexibility index (Phi) is 7.69. The van der Waals surface area contributed by atoms with Gasteiger partial charge in [0.15, 0.2) is 5.96 Å². The normalized spacial score (nSPS) is 9.40. The number of halogens is 1. The fraction of sp³-hybridized carbons (Fsp3) is 0.429. The highest BCUT2D eigenvalue weighted by Crippen LogP contribution is 2.18. The number of urea groups is 1. The van der Waals surface area contributed by atoms with Crippen molar-refractivity contribution >= 4 is 30.1 Å². The van der Waals surface area contributed by atoms with Gasteiger partial charge in [0.05, 0.1) is 0 Å². The van der Waals surface area contributed by atoms with Gasteiger partial charge in [-0.1, -0.05) is 25.1 Å². The molecule has 1 rings (SSSR count). The highest BCUT2D eigenvalue weighted by Gasteiger charge is 2.10. The lowest BCUT2D eigenvalue weighted by atomic mass is 10.1. The number of amides is 2. The van der Waals surface area contributed by atoms with Gasteiger partial charge in [0.2, 0.25) is 0 Å². The van der Waals surface area contributed by atoms with E-state index in [1.54, 1.807) is 11.9 Å². The molecule has 0 spiro atoms. The van der Waals surface area contributed by atoms with Crippen LogP contribution in [0.3, 0.4) is 0 Å². The number of carbonyl (C=O) groups excluding carboxylic acids is 1. The molecule has 0 unspecified atom stereocenters. The van der Waals surface area contributed by atoms with Crippen molar-refractivity contribution in [1.82, 2.24) is 10.2 Å². The summed E-state index contributed by atoms with van der Waals surface area (Å²) in [7, 11) is 1.78. The number of nitrogens with zero attached hydrogens (tertiary/aromatic N) is 1. The van der Waals surface area contributed by atoms with Gasteiger partial charge in [0.1, 0.15) is 0 Å². The molecule has 1 aromatic carbocycles. The molecule has 0 aliphatic rings. The molecule has 0 fully saturated rings. The third-order valence-corrected chi connectivity index (χ3v) is 2.89. The Balaban J connectivity index is 0.00000361. The van der Waals surface area contributed by atoms with Crippen LogP contribution in [0.4, 0.5) is 10.5 Å². The number of nitrogens with one attached hydrogen (secondary N) is 3. The molecule has 20 heavy (non-hydrogen) atoms. The molecule has 0 atom stereocenters. The minimum Gasteiger partial charge on any atom is -0.346 e. The molecule has 0 saturated heterocycles. The molecule has 5 nitrogen and oxygen atoms in total. The van der Waals surface area contributed by atoms with Crippen LogP contribution in [-0.4, -0.2) is 30.5 Å². The average Bonchev–Trinajstić information content (AvgIpc) is 2.34. The number of guanidine groups is 1. The Morgan fingerprint density at radius 2 is 1.85 bits per heavy atom. The summed E-state index contributed by atoms with van der Waals surface area (Å²) in [6, 6.07) is 5.45. The summed E-state index contributed by atoms with van der Waals surface area (Å²) in [4.78, 5) is 13.5. The third kappa shape index (κ3) is 5.09. The molecule has 2 amide bonds. The SMILES string of the molecule is CCCN(C)C(=N)NC(=O)Nc1c(C)cccc1C.Cl. The zero-order valence-electron chi connectivity index (χ0n) is 12.4. The zero-order valence-corrected chi connectivity index (χ0v) is 13.2. The zero-order chi connectivity index (χ0) is 14.4. The average molecular weight is 299 g/mol. The number of para-hydroxylation sites is 1. The number of rotatable bonds is 3. The lowest BCUT2D eigenvalue weighted by Gasteiger charge is -2.20. The van der Waals surface area contributed by atoms with E-state index in [4.69, 9.17) is 5.41 Å². The van der Waals surface area contributed by atoms with Crippen LogP contribution in [0.5, 0.6) is 0 Å². The quantitative estimate of drug-likeness (QED) is 0.593. The van der Waals surface area contributed by atoms with E-state index in [0.29, 0.717) is 0 Å². The van der Waals surface area contributed by atoms with Crippen molar-refractivity contribution in [3.8, 4) is 0 Å². The summed E-state index contributed by atoms with van der Waals surface area (Å²) in [5.74, 6) is 0.102. The monoisotopic (exact) mass is 298 g/mol. The smallest absolute Gasteiger partial charge is 0.326 e. The highest BCUT2D eigenvalue weighted by atomic mass is 35.5. The Labute approximate surface area is 126 Å². The van der Waals surface area contributed by atoms with Crippen molar-refractivity contribution in [3.05, 3.63) is 29.3 Å². The number of carbonyl (C=O) groups is 1. The van der Waals surface area contributed by atoms with Gasteiger partial charge in [0.25, 0.3) is 0 Å². The predicted octanol–water partition coefficient (Wildman–Crippen LogP) is 3.12. The van der Waals surface area contributed by atoms with Crippen LogP contribution in [0.2, 0.25) is 0 Å². The van der Waals surface area contributed by atoms with Gasteiger partial charge >= 0.3 is 6.03 Å². The van der Waals surface area contributed by atoms with E-state index in [9.17, 15) is 4.79 Å².